The van der Waals surface area contributed by atoms with Gasteiger partial charge in [0.15, 0.2) is 5.13 Å². The summed E-state index contributed by atoms with van der Waals surface area (Å²) in [4.78, 5) is 4.69. The SMILES string of the molecule is CCC(Nc1nc2ccc(Cl)cc2s1)C1CCCCC1. The fourth-order valence-electron chi connectivity index (χ4n) is 3.21. The zero-order chi connectivity index (χ0) is 13.9. The van der Waals surface area contributed by atoms with Crippen molar-refractivity contribution >= 4 is 38.3 Å². The smallest absolute Gasteiger partial charge is 0.184 e. The molecule has 3 rings (SSSR count). The van der Waals surface area contributed by atoms with Crippen LogP contribution in [-0.4, -0.2) is 11.0 Å². The van der Waals surface area contributed by atoms with Crippen molar-refractivity contribution in [2.24, 2.45) is 5.92 Å². The van der Waals surface area contributed by atoms with Gasteiger partial charge in [-0.05, 0) is 43.4 Å². The van der Waals surface area contributed by atoms with Gasteiger partial charge in [-0.25, -0.2) is 4.98 Å². The number of hydrogen-bond donors (Lipinski definition) is 1. The monoisotopic (exact) mass is 308 g/mol. The highest BCUT2D eigenvalue weighted by Gasteiger charge is 2.23. The van der Waals surface area contributed by atoms with Gasteiger partial charge >= 0.3 is 0 Å². The Kier molecular flexibility index (Phi) is 4.47. The number of nitrogens with zero attached hydrogens (tertiary/aromatic N) is 1. The molecule has 1 aromatic carbocycles. The molecule has 0 spiro atoms. The van der Waals surface area contributed by atoms with E-state index in [4.69, 9.17) is 11.6 Å². The maximum Gasteiger partial charge on any atom is 0.184 e. The number of fused-ring (bicyclic) bond motifs is 1. The normalized spacial score (nSPS) is 18.3. The number of aromatic nitrogens is 1. The molecule has 1 heterocycles. The Morgan fingerprint density at radius 1 is 1.35 bits per heavy atom. The highest BCUT2D eigenvalue weighted by Crippen LogP contribution is 2.33. The van der Waals surface area contributed by atoms with Gasteiger partial charge in [-0.15, -0.1) is 0 Å². The predicted molar refractivity (Wildman–Crippen MR) is 88.9 cm³/mol. The number of nitrogens with one attached hydrogen (secondary N) is 1. The number of benzene rings is 1. The number of halogens is 1. The number of hydrogen-bond acceptors (Lipinski definition) is 3. The van der Waals surface area contributed by atoms with Crippen molar-refractivity contribution in [2.75, 3.05) is 5.32 Å². The third-order valence-corrected chi connectivity index (χ3v) is 5.50. The largest absolute Gasteiger partial charge is 0.358 e. The predicted octanol–water partition coefficient (Wildman–Crippen LogP) is 5.72. The van der Waals surface area contributed by atoms with E-state index in [2.05, 4.69) is 17.2 Å². The first-order valence-corrected chi connectivity index (χ1v) is 8.78. The van der Waals surface area contributed by atoms with Crippen LogP contribution in [0.2, 0.25) is 5.02 Å². The molecule has 0 bridgehead atoms. The van der Waals surface area contributed by atoms with Gasteiger partial charge in [0.05, 0.1) is 10.2 Å². The molecule has 1 fully saturated rings. The van der Waals surface area contributed by atoms with E-state index < -0.39 is 0 Å². The molecule has 1 aliphatic rings. The minimum atomic E-state index is 0.561. The van der Waals surface area contributed by atoms with Gasteiger partial charge in [0, 0.05) is 11.1 Å². The summed E-state index contributed by atoms with van der Waals surface area (Å²) in [6.07, 6.45) is 8.08. The number of anilines is 1. The lowest BCUT2D eigenvalue weighted by molar-refractivity contribution is 0.313. The highest BCUT2D eigenvalue weighted by molar-refractivity contribution is 7.22. The molecule has 0 aliphatic heterocycles. The minimum Gasteiger partial charge on any atom is -0.358 e. The van der Waals surface area contributed by atoms with Crippen molar-refractivity contribution < 1.29 is 0 Å². The molecule has 1 aliphatic carbocycles. The van der Waals surface area contributed by atoms with Crippen LogP contribution in [0.15, 0.2) is 18.2 Å². The van der Waals surface area contributed by atoms with Crippen molar-refractivity contribution in [3.63, 3.8) is 0 Å². The van der Waals surface area contributed by atoms with E-state index in [1.165, 1.54) is 43.2 Å². The van der Waals surface area contributed by atoms with E-state index in [9.17, 15) is 0 Å². The van der Waals surface area contributed by atoms with Crippen molar-refractivity contribution in [2.45, 2.75) is 51.5 Å². The second kappa shape index (κ2) is 6.31. The lowest BCUT2D eigenvalue weighted by atomic mass is 9.83. The van der Waals surface area contributed by atoms with Crippen LogP contribution in [0.3, 0.4) is 0 Å². The van der Waals surface area contributed by atoms with E-state index in [0.29, 0.717) is 6.04 Å². The van der Waals surface area contributed by atoms with Crippen LogP contribution in [0.4, 0.5) is 5.13 Å². The first kappa shape index (κ1) is 14.2. The van der Waals surface area contributed by atoms with E-state index in [1.54, 1.807) is 11.3 Å². The first-order chi connectivity index (χ1) is 9.76. The topological polar surface area (TPSA) is 24.9 Å². The summed E-state index contributed by atoms with van der Waals surface area (Å²) in [6, 6.07) is 6.47. The number of thiazole rings is 1. The summed E-state index contributed by atoms with van der Waals surface area (Å²) in [5, 5.41) is 5.50. The van der Waals surface area contributed by atoms with Crippen LogP contribution in [0.5, 0.6) is 0 Å². The summed E-state index contributed by atoms with van der Waals surface area (Å²) in [5.41, 5.74) is 1.04. The van der Waals surface area contributed by atoms with Gasteiger partial charge in [-0.2, -0.15) is 0 Å². The third-order valence-electron chi connectivity index (χ3n) is 4.32. The lowest BCUT2D eigenvalue weighted by Crippen LogP contribution is -2.29. The molecule has 0 saturated heterocycles. The second-order valence-corrected chi connectivity index (χ2v) is 7.16. The number of rotatable bonds is 4. The Labute approximate surface area is 129 Å². The summed E-state index contributed by atoms with van der Waals surface area (Å²) < 4.78 is 1.17. The van der Waals surface area contributed by atoms with E-state index in [1.807, 2.05) is 18.2 Å². The summed E-state index contributed by atoms with van der Waals surface area (Å²) in [7, 11) is 0. The van der Waals surface area contributed by atoms with Gasteiger partial charge in [0.25, 0.3) is 0 Å². The molecular weight excluding hydrogens is 288 g/mol. The minimum absolute atomic E-state index is 0.561. The van der Waals surface area contributed by atoms with E-state index >= 15 is 0 Å². The lowest BCUT2D eigenvalue weighted by Gasteiger charge is -2.30. The first-order valence-electron chi connectivity index (χ1n) is 7.59. The van der Waals surface area contributed by atoms with Crippen molar-refractivity contribution in [3.05, 3.63) is 23.2 Å². The van der Waals surface area contributed by atoms with Crippen molar-refractivity contribution in [3.8, 4) is 0 Å². The Morgan fingerprint density at radius 3 is 2.90 bits per heavy atom. The molecule has 0 radical (unpaired) electrons. The van der Waals surface area contributed by atoms with Crippen LogP contribution in [-0.2, 0) is 0 Å². The highest BCUT2D eigenvalue weighted by atomic mass is 35.5. The summed E-state index contributed by atoms with van der Waals surface area (Å²) >= 11 is 7.75. The molecule has 0 amide bonds. The molecule has 108 valence electrons. The van der Waals surface area contributed by atoms with Gasteiger partial charge < -0.3 is 5.32 Å². The Morgan fingerprint density at radius 2 is 2.15 bits per heavy atom. The van der Waals surface area contributed by atoms with Crippen LogP contribution in [0.1, 0.15) is 45.4 Å². The van der Waals surface area contributed by atoms with Crippen LogP contribution in [0.25, 0.3) is 10.2 Å². The zero-order valence-corrected chi connectivity index (χ0v) is 13.4. The molecular formula is C16H21ClN2S. The maximum atomic E-state index is 6.04. The second-order valence-electron chi connectivity index (χ2n) is 5.69. The summed E-state index contributed by atoms with van der Waals surface area (Å²) in [5.74, 6) is 0.810. The van der Waals surface area contributed by atoms with Gasteiger partial charge in [0.1, 0.15) is 0 Å². The molecule has 20 heavy (non-hydrogen) atoms. The Hall–Kier alpha value is -0.800. The molecule has 1 unspecified atom stereocenters. The van der Waals surface area contributed by atoms with E-state index in [-0.39, 0.29) is 0 Å². The molecule has 1 N–H and O–H groups in total. The quantitative estimate of drug-likeness (QED) is 0.781. The maximum absolute atomic E-state index is 6.04. The molecule has 1 aromatic heterocycles. The van der Waals surface area contributed by atoms with E-state index in [0.717, 1.165) is 21.6 Å². The van der Waals surface area contributed by atoms with Crippen molar-refractivity contribution in [1.82, 2.24) is 4.98 Å². The van der Waals surface area contributed by atoms with Crippen LogP contribution in [0, 0.1) is 5.92 Å². The molecule has 2 aromatic rings. The molecule has 2 nitrogen and oxygen atoms in total. The molecule has 1 atom stereocenters. The van der Waals surface area contributed by atoms with Gasteiger partial charge in [-0.3, -0.25) is 0 Å². The van der Waals surface area contributed by atoms with Crippen LogP contribution < -0.4 is 5.32 Å². The van der Waals surface area contributed by atoms with Crippen molar-refractivity contribution in [1.29, 1.82) is 0 Å². The average molecular weight is 309 g/mol. The Balaban J connectivity index is 1.76. The molecule has 1 saturated carbocycles. The fraction of sp³-hybridized carbons (Fsp3) is 0.562. The molecule has 4 heteroatoms. The summed E-state index contributed by atoms with van der Waals surface area (Å²) in [6.45, 7) is 2.27. The fourth-order valence-corrected chi connectivity index (χ4v) is 4.41. The Bertz CT molecular complexity index is 575. The average Bonchev–Trinajstić information content (AvgIpc) is 2.87. The standard InChI is InChI=1S/C16H21ClN2S/c1-2-13(11-6-4-3-5-7-11)18-16-19-14-9-8-12(17)10-15(14)20-16/h8-11,13H,2-7H2,1H3,(H,18,19). The van der Waals surface area contributed by atoms with Gasteiger partial charge in [-0.1, -0.05) is 49.1 Å². The van der Waals surface area contributed by atoms with Crippen LogP contribution >= 0.6 is 22.9 Å². The third kappa shape index (κ3) is 3.09. The van der Waals surface area contributed by atoms with Gasteiger partial charge in [0.2, 0.25) is 0 Å². The zero-order valence-electron chi connectivity index (χ0n) is 11.9.